The standard InChI is InChI=1S/C15H12N2O2S/c18-20(19,14-7-2-1-3-8-14)17-13-10-12-6-4-5-9-15(12)16-11-13/h1-11,17H. The molecule has 0 radical (unpaired) electrons. The Morgan fingerprint density at radius 3 is 2.40 bits per heavy atom. The minimum Gasteiger partial charge on any atom is -0.278 e. The average molecular weight is 284 g/mol. The van der Waals surface area contributed by atoms with Gasteiger partial charge >= 0.3 is 0 Å². The lowest BCUT2D eigenvalue weighted by Gasteiger charge is -2.08. The van der Waals surface area contributed by atoms with Gasteiger partial charge in [0.1, 0.15) is 0 Å². The summed E-state index contributed by atoms with van der Waals surface area (Å²) in [5.41, 5.74) is 1.28. The lowest BCUT2D eigenvalue weighted by molar-refractivity contribution is 0.601. The molecule has 1 aromatic heterocycles. The van der Waals surface area contributed by atoms with Crippen LogP contribution in [0.3, 0.4) is 0 Å². The van der Waals surface area contributed by atoms with Crippen LogP contribution in [0.25, 0.3) is 10.9 Å². The van der Waals surface area contributed by atoms with E-state index in [-0.39, 0.29) is 4.90 Å². The fourth-order valence-corrected chi connectivity index (χ4v) is 3.00. The molecule has 1 N–H and O–H groups in total. The molecule has 100 valence electrons. The van der Waals surface area contributed by atoms with Crippen LogP contribution < -0.4 is 4.72 Å². The topological polar surface area (TPSA) is 59.1 Å². The van der Waals surface area contributed by atoms with Crippen molar-refractivity contribution in [3.8, 4) is 0 Å². The van der Waals surface area contributed by atoms with E-state index in [2.05, 4.69) is 9.71 Å². The van der Waals surface area contributed by atoms with E-state index in [9.17, 15) is 8.42 Å². The van der Waals surface area contributed by atoms with Gasteiger partial charge in [-0.15, -0.1) is 0 Å². The molecular formula is C15H12N2O2S. The highest BCUT2D eigenvalue weighted by molar-refractivity contribution is 7.92. The number of para-hydroxylation sites is 1. The highest BCUT2D eigenvalue weighted by Crippen LogP contribution is 2.19. The molecule has 0 unspecified atom stereocenters. The fraction of sp³-hybridized carbons (Fsp3) is 0. The molecule has 0 bridgehead atoms. The van der Waals surface area contributed by atoms with Crippen LogP contribution in [0, 0.1) is 0 Å². The number of sulfonamides is 1. The van der Waals surface area contributed by atoms with Crippen molar-refractivity contribution in [3.63, 3.8) is 0 Å². The molecule has 0 fully saturated rings. The maximum Gasteiger partial charge on any atom is 0.261 e. The van der Waals surface area contributed by atoms with Gasteiger partial charge < -0.3 is 0 Å². The Hall–Kier alpha value is -2.40. The van der Waals surface area contributed by atoms with E-state index in [1.807, 2.05) is 24.3 Å². The lowest BCUT2D eigenvalue weighted by Crippen LogP contribution is -2.12. The van der Waals surface area contributed by atoms with Crippen molar-refractivity contribution < 1.29 is 8.42 Å². The van der Waals surface area contributed by atoms with Gasteiger partial charge in [0.15, 0.2) is 0 Å². The molecule has 0 saturated carbocycles. The van der Waals surface area contributed by atoms with E-state index in [1.54, 1.807) is 36.4 Å². The van der Waals surface area contributed by atoms with Gasteiger partial charge in [-0.1, -0.05) is 36.4 Å². The summed E-state index contributed by atoms with van der Waals surface area (Å²) in [4.78, 5) is 4.46. The average Bonchev–Trinajstić information content (AvgIpc) is 2.48. The lowest BCUT2D eigenvalue weighted by atomic mass is 10.2. The summed E-state index contributed by atoms with van der Waals surface area (Å²) in [6, 6.07) is 17.6. The smallest absolute Gasteiger partial charge is 0.261 e. The van der Waals surface area contributed by atoms with E-state index in [0.717, 1.165) is 10.9 Å². The Labute approximate surface area is 117 Å². The van der Waals surface area contributed by atoms with Gasteiger partial charge in [0.25, 0.3) is 10.0 Å². The third-order valence-electron chi connectivity index (χ3n) is 2.90. The van der Waals surface area contributed by atoms with Crippen molar-refractivity contribution in [2.45, 2.75) is 4.90 Å². The first-order chi connectivity index (χ1) is 9.65. The number of rotatable bonds is 3. The summed E-state index contributed by atoms with van der Waals surface area (Å²) in [6.07, 6.45) is 1.52. The fourth-order valence-electron chi connectivity index (χ4n) is 1.94. The first-order valence-electron chi connectivity index (χ1n) is 6.08. The number of pyridine rings is 1. The van der Waals surface area contributed by atoms with Crippen LogP contribution in [0.1, 0.15) is 0 Å². The second kappa shape index (κ2) is 4.94. The molecule has 20 heavy (non-hydrogen) atoms. The molecule has 4 nitrogen and oxygen atoms in total. The van der Waals surface area contributed by atoms with E-state index in [0.29, 0.717) is 5.69 Å². The molecule has 0 aliphatic carbocycles. The van der Waals surface area contributed by atoms with E-state index in [4.69, 9.17) is 0 Å². The maximum absolute atomic E-state index is 12.2. The quantitative estimate of drug-likeness (QED) is 0.804. The van der Waals surface area contributed by atoms with Gasteiger partial charge in [-0.3, -0.25) is 9.71 Å². The van der Waals surface area contributed by atoms with Crippen LogP contribution >= 0.6 is 0 Å². The summed E-state index contributed by atoms with van der Waals surface area (Å²) in [5, 5.41) is 0.890. The van der Waals surface area contributed by atoms with Gasteiger partial charge in [-0.05, 0) is 24.3 Å². The minimum atomic E-state index is -3.57. The molecule has 0 spiro atoms. The zero-order valence-electron chi connectivity index (χ0n) is 10.5. The number of nitrogens with zero attached hydrogens (tertiary/aromatic N) is 1. The molecular weight excluding hydrogens is 272 g/mol. The van der Waals surface area contributed by atoms with Crippen molar-refractivity contribution in [1.82, 2.24) is 4.98 Å². The number of nitrogens with one attached hydrogen (secondary N) is 1. The van der Waals surface area contributed by atoms with E-state index >= 15 is 0 Å². The summed E-state index contributed by atoms with van der Waals surface area (Å²) in [5.74, 6) is 0. The largest absolute Gasteiger partial charge is 0.278 e. The highest BCUT2D eigenvalue weighted by atomic mass is 32.2. The molecule has 3 rings (SSSR count). The third-order valence-corrected chi connectivity index (χ3v) is 4.29. The van der Waals surface area contributed by atoms with Crippen LogP contribution in [0.2, 0.25) is 0 Å². The Kier molecular flexibility index (Phi) is 3.12. The molecule has 5 heteroatoms. The van der Waals surface area contributed by atoms with Crippen molar-refractivity contribution >= 4 is 26.6 Å². The Bertz CT molecular complexity index is 846. The van der Waals surface area contributed by atoms with Gasteiger partial charge in [0.05, 0.1) is 22.3 Å². The predicted molar refractivity (Wildman–Crippen MR) is 79.0 cm³/mol. The molecule has 1 heterocycles. The second-order valence-electron chi connectivity index (χ2n) is 4.34. The minimum absolute atomic E-state index is 0.230. The summed E-state index contributed by atoms with van der Waals surface area (Å²) < 4.78 is 26.9. The zero-order valence-corrected chi connectivity index (χ0v) is 11.3. The van der Waals surface area contributed by atoms with Crippen molar-refractivity contribution in [2.75, 3.05) is 4.72 Å². The van der Waals surface area contributed by atoms with Crippen LogP contribution in [-0.4, -0.2) is 13.4 Å². The van der Waals surface area contributed by atoms with Crippen molar-refractivity contribution in [1.29, 1.82) is 0 Å². The number of fused-ring (bicyclic) bond motifs is 1. The normalized spacial score (nSPS) is 11.4. The first-order valence-corrected chi connectivity index (χ1v) is 7.56. The second-order valence-corrected chi connectivity index (χ2v) is 6.02. The number of anilines is 1. The molecule has 2 aromatic carbocycles. The Morgan fingerprint density at radius 1 is 0.900 bits per heavy atom. The van der Waals surface area contributed by atoms with Gasteiger partial charge in [0.2, 0.25) is 0 Å². The van der Waals surface area contributed by atoms with Gasteiger partial charge in [-0.2, -0.15) is 0 Å². The number of hydrogen-bond donors (Lipinski definition) is 1. The molecule has 0 aliphatic heterocycles. The maximum atomic E-state index is 12.2. The highest BCUT2D eigenvalue weighted by Gasteiger charge is 2.13. The van der Waals surface area contributed by atoms with Gasteiger partial charge in [-0.25, -0.2) is 8.42 Å². The first kappa shape index (κ1) is 12.6. The van der Waals surface area contributed by atoms with Crippen LogP contribution in [0.4, 0.5) is 5.69 Å². The molecule has 0 saturated heterocycles. The predicted octanol–water partition coefficient (Wildman–Crippen LogP) is 3.04. The number of aromatic nitrogens is 1. The van der Waals surface area contributed by atoms with Gasteiger partial charge in [0, 0.05) is 5.39 Å². The van der Waals surface area contributed by atoms with Crippen LogP contribution in [0.15, 0.2) is 71.8 Å². The Balaban J connectivity index is 1.97. The monoisotopic (exact) mass is 284 g/mol. The number of hydrogen-bond acceptors (Lipinski definition) is 3. The SMILES string of the molecule is O=S(=O)(Nc1cnc2ccccc2c1)c1ccccc1. The molecule has 0 amide bonds. The summed E-state index contributed by atoms with van der Waals surface area (Å²) >= 11 is 0. The van der Waals surface area contributed by atoms with Crippen molar-refractivity contribution in [2.24, 2.45) is 0 Å². The van der Waals surface area contributed by atoms with E-state index < -0.39 is 10.0 Å². The van der Waals surface area contributed by atoms with Crippen LogP contribution in [0.5, 0.6) is 0 Å². The summed E-state index contributed by atoms with van der Waals surface area (Å²) in [6.45, 7) is 0. The third kappa shape index (κ3) is 2.48. The molecule has 0 aliphatic rings. The van der Waals surface area contributed by atoms with Crippen molar-refractivity contribution in [3.05, 3.63) is 66.9 Å². The van der Waals surface area contributed by atoms with E-state index in [1.165, 1.54) is 6.20 Å². The van der Waals surface area contributed by atoms with Crippen LogP contribution in [-0.2, 0) is 10.0 Å². The summed E-state index contributed by atoms with van der Waals surface area (Å²) in [7, 11) is -3.57. The Morgan fingerprint density at radius 2 is 1.60 bits per heavy atom. The number of benzene rings is 2. The molecule has 3 aromatic rings. The molecule has 0 atom stereocenters. The zero-order chi connectivity index (χ0) is 14.0.